The van der Waals surface area contributed by atoms with Gasteiger partial charge in [-0.15, -0.1) is 6.58 Å². The number of likely N-dealkylation sites (tertiary alicyclic amines) is 1. The van der Waals surface area contributed by atoms with Gasteiger partial charge in [0, 0.05) is 11.9 Å². The molecule has 0 spiro atoms. The monoisotopic (exact) mass is 406 g/mol. The van der Waals surface area contributed by atoms with Crippen LogP contribution < -0.4 is 9.47 Å². The number of carbonyl (C=O) groups excluding carboxylic acids is 1. The summed E-state index contributed by atoms with van der Waals surface area (Å²) in [5.41, 5.74) is 3.21. The number of carbonyl (C=O) groups is 1. The molecule has 0 bridgehead atoms. The number of benzene rings is 2. The van der Waals surface area contributed by atoms with Crippen LogP contribution in [0, 0.1) is 0 Å². The lowest BCUT2D eigenvalue weighted by molar-refractivity contribution is 0.0763. The molecular formula is C23H19ClN2O3. The molecule has 0 aliphatic carbocycles. The number of hydrogen-bond donors (Lipinski definition) is 0. The molecule has 5 rings (SSSR count). The van der Waals surface area contributed by atoms with E-state index in [1.54, 1.807) is 6.07 Å². The van der Waals surface area contributed by atoms with Crippen molar-refractivity contribution in [2.24, 2.45) is 0 Å². The van der Waals surface area contributed by atoms with Crippen LogP contribution in [0.25, 0.3) is 22.0 Å². The van der Waals surface area contributed by atoms with E-state index in [-0.39, 0.29) is 18.7 Å². The molecule has 0 N–H and O–H groups in total. The van der Waals surface area contributed by atoms with E-state index >= 15 is 0 Å². The number of pyridine rings is 1. The molecule has 1 aromatic heterocycles. The molecule has 0 unspecified atom stereocenters. The average molecular weight is 407 g/mol. The van der Waals surface area contributed by atoms with E-state index < -0.39 is 0 Å². The van der Waals surface area contributed by atoms with Gasteiger partial charge in [0.05, 0.1) is 17.1 Å². The van der Waals surface area contributed by atoms with Gasteiger partial charge in [-0.3, -0.25) is 4.79 Å². The van der Waals surface area contributed by atoms with Gasteiger partial charge >= 0.3 is 0 Å². The van der Waals surface area contributed by atoms with Crippen LogP contribution in [0.2, 0.25) is 5.15 Å². The van der Waals surface area contributed by atoms with Gasteiger partial charge in [0.1, 0.15) is 5.15 Å². The molecule has 3 aromatic rings. The Hall–Kier alpha value is -3.05. The quantitative estimate of drug-likeness (QED) is 0.450. The summed E-state index contributed by atoms with van der Waals surface area (Å²) in [6.45, 7) is 4.83. The number of fused-ring (bicyclic) bond motifs is 2. The summed E-state index contributed by atoms with van der Waals surface area (Å²) in [5.74, 6) is 1.42. The van der Waals surface area contributed by atoms with Gasteiger partial charge in [0.2, 0.25) is 6.79 Å². The highest BCUT2D eigenvalue weighted by atomic mass is 35.5. The molecule has 146 valence electrons. The summed E-state index contributed by atoms with van der Waals surface area (Å²) in [5, 5.41) is 1.09. The van der Waals surface area contributed by atoms with E-state index in [1.165, 1.54) is 0 Å². The van der Waals surface area contributed by atoms with Crippen LogP contribution >= 0.6 is 11.6 Å². The van der Waals surface area contributed by atoms with E-state index in [9.17, 15) is 4.79 Å². The van der Waals surface area contributed by atoms with Gasteiger partial charge in [0.15, 0.2) is 11.5 Å². The summed E-state index contributed by atoms with van der Waals surface area (Å²) < 4.78 is 10.9. The smallest absolute Gasteiger partial charge is 0.255 e. The van der Waals surface area contributed by atoms with Crippen molar-refractivity contribution in [1.29, 1.82) is 0 Å². The van der Waals surface area contributed by atoms with Gasteiger partial charge < -0.3 is 14.4 Å². The first-order valence-electron chi connectivity index (χ1n) is 9.58. The predicted octanol–water partition coefficient (Wildman–Crippen LogP) is 5.07. The minimum absolute atomic E-state index is 0.0375. The standard InChI is InChI=1S/C23H19ClN2O3/c1-2-16-4-3-9-26(16)23(27)18-12-22(24)25-19-7-5-14(10-17(18)19)15-6-8-20-21(11-15)29-13-28-20/h2,5-8,10-12,16H,1,3-4,9,13H2/t16-/m1/s1. The van der Waals surface area contributed by atoms with Gasteiger partial charge in [-0.05, 0) is 54.3 Å². The Bertz CT molecular complexity index is 1140. The van der Waals surface area contributed by atoms with Gasteiger partial charge in [0.25, 0.3) is 5.91 Å². The maximum Gasteiger partial charge on any atom is 0.255 e. The number of nitrogens with zero attached hydrogens (tertiary/aromatic N) is 2. The van der Waals surface area contributed by atoms with Gasteiger partial charge in [-0.1, -0.05) is 29.8 Å². The minimum atomic E-state index is -0.0375. The summed E-state index contributed by atoms with van der Waals surface area (Å²) in [4.78, 5) is 19.6. The van der Waals surface area contributed by atoms with Crippen molar-refractivity contribution in [3.8, 4) is 22.6 Å². The molecular weight excluding hydrogens is 388 g/mol. The number of aromatic nitrogens is 1. The third-order valence-electron chi connectivity index (χ3n) is 5.55. The van der Waals surface area contributed by atoms with Crippen molar-refractivity contribution in [1.82, 2.24) is 9.88 Å². The van der Waals surface area contributed by atoms with Crippen LogP contribution in [0.5, 0.6) is 11.5 Å². The molecule has 29 heavy (non-hydrogen) atoms. The molecule has 0 saturated carbocycles. The molecule has 6 heteroatoms. The SMILES string of the molecule is C=C[C@@H]1CCCN1C(=O)c1cc(Cl)nc2ccc(-c3ccc4c(c3)OCO4)cc12. The first-order chi connectivity index (χ1) is 14.1. The average Bonchev–Trinajstić information content (AvgIpc) is 3.40. The molecule has 5 nitrogen and oxygen atoms in total. The molecule has 1 saturated heterocycles. The number of hydrogen-bond acceptors (Lipinski definition) is 4. The van der Waals surface area contributed by atoms with Crippen LogP contribution in [0.15, 0.2) is 55.1 Å². The minimum Gasteiger partial charge on any atom is -0.454 e. The second-order valence-electron chi connectivity index (χ2n) is 7.24. The fourth-order valence-corrected chi connectivity index (χ4v) is 4.27. The summed E-state index contributed by atoms with van der Waals surface area (Å²) >= 11 is 6.23. The molecule has 0 radical (unpaired) electrons. The Labute approximate surface area is 173 Å². The Morgan fingerprint density at radius 1 is 1.14 bits per heavy atom. The maximum absolute atomic E-state index is 13.3. The molecule has 1 fully saturated rings. The molecule has 1 atom stereocenters. The fourth-order valence-electron chi connectivity index (χ4n) is 4.07. The molecule has 3 heterocycles. The lowest BCUT2D eigenvalue weighted by atomic mass is 10.00. The number of rotatable bonds is 3. The third kappa shape index (κ3) is 3.12. The van der Waals surface area contributed by atoms with Gasteiger partial charge in [-0.25, -0.2) is 4.98 Å². The van der Waals surface area contributed by atoms with Crippen LogP contribution in [0.3, 0.4) is 0 Å². The lowest BCUT2D eigenvalue weighted by Crippen LogP contribution is -2.34. The molecule has 2 aliphatic rings. The zero-order chi connectivity index (χ0) is 20.0. The van der Waals surface area contributed by atoms with E-state index in [4.69, 9.17) is 21.1 Å². The number of amides is 1. The maximum atomic E-state index is 13.3. The second kappa shape index (κ2) is 7.08. The van der Waals surface area contributed by atoms with Crippen molar-refractivity contribution >= 4 is 28.4 Å². The van der Waals surface area contributed by atoms with Gasteiger partial charge in [-0.2, -0.15) is 0 Å². The van der Waals surface area contributed by atoms with E-state index in [0.29, 0.717) is 16.2 Å². The summed E-state index contributed by atoms with van der Waals surface area (Å²) in [6.07, 6.45) is 3.75. The lowest BCUT2D eigenvalue weighted by Gasteiger charge is -2.23. The topological polar surface area (TPSA) is 51.7 Å². The highest BCUT2D eigenvalue weighted by Crippen LogP contribution is 2.37. The highest BCUT2D eigenvalue weighted by molar-refractivity contribution is 6.30. The zero-order valence-electron chi connectivity index (χ0n) is 15.7. The number of halogens is 1. The van der Waals surface area contributed by atoms with Crippen LogP contribution in [0.1, 0.15) is 23.2 Å². The Kier molecular flexibility index (Phi) is 4.40. The van der Waals surface area contributed by atoms with E-state index in [1.807, 2.05) is 47.4 Å². The summed E-state index contributed by atoms with van der Waals surface area (Å²) in [6, 6.07) is 13.4. The fraction of sp³-hybridized carbons (Fsp3) is 0.217. The predicted molar refractivity (Wildman–Crippen MR) is 113 cm³/mol. The van der Waals surface area contributed by atoms with Crippen LogP contribution in [-0.4, -0.2) is 35.2 Å². The first kappa shape index (κ1) is 18.0. The van der Waals surface area contributed by atoms with Crippen molar-refractivity contribution in [3.05, 3.63) is 65.8 Å². The Morgan fingerprint density at radius 2 is 1.93 bits per heavy atom. The molecule has 2 aliphatic heterocycles. The van der Waals surface area contributed by atoms with Crippen LogP contribution in [0.4, 0.5) is 0 Å². The van der Waals surface area contributed by atoms with Crippen molar-refractivity contribution in [2.75, 3.05) is 13.3 Å². The molecule has 2 aromatic carbocycles. The van der Waals surface area contributed by atoms with E-state index in [2.05, 4.69) is 11.6 Å². The van der Waals surface area contributed by atoms with Crippen molar-refractivity contribution in [3.63, 3.8) is 0 Å². The van der Waals surface area contributed by atoms with Crippen molar-refractivity contribution in [2.45, 2.75) is 18.9 Å². The third-order valence-corrected chi connectivity index (χ3v) is 5.74. The summed E-state index contributed by atoms with van der Waals surface area (Å²) in [7, 11) is 0. The first-order valence-corrected chi connectivity index (χ1v) is 9.96. The molecule has 1 amide bonds. The van der Waals surface area contributed by atoms with E-state index in [0.717, 1.165) is 47.4 Å². The normalized spacial score (nSPS) is 17.7. The van der Waals surface area contributed by atoms with Crippen molar-refractivity contribution < 1.29 is 14.3 Å². The largest absolute Gasteiger partial charge is 0.454 e. The second-order valence-corrected chi connectivity index (χ2v) is 7.62. The van der Waals surface area contributed by atoms with Crippen LogP contribution in [-0.2, 0) is 0 Å². The zero-order valence-corrected chi connectivity index (χ0v) is 16.5. The Morgan fingerprint density at radius 3 is 2.79 bits per heavy atom. The highest BCUT2D eigenvalue weighted by Gasteiger charge is 2.28. The number of ether oxygens (including phenoxy) is 2. The Balaban J connectivity index is 1.61.